The summed E-state index contributed by atoms with van der Waals surface area (Å²) in [5, 5.41) is 3.17. The van der Waals surface area contributed by atoms with Crippen molar-refractivity contribution in [3.63, 3.8) is 0 Å². The standard InChI is InChI=1S/C14H19BrFNO2S/c1-17-13(6-10-4-5-20(18,19)9-10)7-11-2-3-12(15)8-14(11)16/h2-3,8,10,13,17H,4-7,9H2,1H3. The predicted molar refractivity (Wildman–Crippen MR) is 82.0 cm³/mol. The topological polar surface area (TPSA) is 46.2 Å². The van der Waals surface area contributed by atoms with Crippen LogP contribution in [0.1, 0.15) is 18.4 Å². The highest BCUT2D eigenvalue weighted by Crippen LogP contribution is 2.25. The van der Waals surface area contributed by atoms with Crippen LogP contribution in [-0.4, -0.2) is 33.0 Å². The fraction of sp³-hybridized carbons (Fsp3) is 0.571. The number of hydrogen-bond donors (Lipinski definition) is 1. The molecule has 0 spiro atoms. The van der Waals surface area contributed by atoms with Crippen molar-refractivity contribution < 1.29 is 12.8 Å². The molecule has 1 heterocycles. The van der Waals surface area contributed by atoms with Crippen LogP contribution >= 0.6 is 15.9 Å². The van der Waals surface area contributed by atoms with E-state index in [0.717, 1.165) is 17.3 Å². The fourth-order valence-electron chi connectivity index (χ4n) is 2.72. The summed E-state index contributed by atoms with van der Waals surface area (Å²) in [4.78, 5) is 0. The van der Waals surface area contributed by atoms with Crippen LogP contribution in [0.4, 0.5) is 4.39 Å². The molecular weight excluding hydrogens is 345 g/mol. The van der Waals surface area contributed by atoms with Gasteiger partial charge in [-0.25, -0.2) is 12.8 Å². The van der Waals surface area contributed by atoms with Gasteiger partial charge in [-0.1, -0.05) is 22.0 Å². The van der Waals surface area contributed by atoms with Crippen molar-refractivity contribution in [2.45, 2.75) is 25.3 Å². The first-order valence-corrected chi connectivity index (χ1v) is 9.32. The Kier molecular flexibility index (Phi) is 5.20. The average molecular weight is 364 g/mol. The van der Waals surface area contributed by atoms with Crippen LogP contribution in [0.2, 0.25) is 0 Å². The maximum absolute atomic E-state index is 13.8. The van der Waals surface area contributed by atoms with Gasteiger partial charge in [0, 0.05) is 10.5 Å². The first kappa shape index (κ1) is 15.9. The van der Waals surface area contributed by atoms with Crippen molar-refractivity contribution >= 4 is 25.8 Å². The summed E-state index contributed by atoms with van der Waals surface area (Å²) in [6.45, 7) is 0. The lowest BCUT2D eigenvalue weighted by atomic mass is 9.94. The van der Waals surface area contributed by atoms with Crippen LogP contribution in [-0.2, 0) is 16.3 Å². The van der Waals surface area contributed by atoms with Crippen molar-refractivity contribution in [2.24, 2.45) is 5.92 Å². The molecule has 1 fully saturated rings. The summed E-state index contributed by atoms with van der Waals surface area (Å²) in [5.41, 5.74) is 0.661. The molecule has 2 atom stereocenters. The van der Waals surface area contributed by atoms with E-state index < -0.39 is 9.84 Å². The zero-order valence-electron chi connectivity index (χ0n) is 11.4. The number of nitrogens with one attached hydrogen (secondary N) is 1. The van der Waals surface area contributed by atoms with Gasteiger partial charge in [0.15, 0.2) is 9.84 Å². The van der Waals surface area contributed by atoms with Crippen LogP contribution in [0.5, 0.6) is 0 Å². The minimum Gasteiger partial charge on any atom is -0.317 e. The summed E-state index contributed by atoms with van der Waals surface area (Å²) >= 11 is 3.24. The molecular formula is C14H19BrFNO2S. The summed E-state index contributed by atoms with van der Waals surface area (Å²) in [5.74, 6) is 0.531. The average Bonchev–Trinajstić information content (AvgIpc) is 2.71. The van der Waals surface area contributed by atoms with Crippen molar-refractivity contribution in [1.29, 1.82) is 0 Å². The monoisotopic (exact) mass is 363 g/mol. The highest BCUT2D eigenvalue weighted by molar-refractivity contribution is 9.10. The highest BCUT2D eigenvalue weighted by Gasteiger charge is 2.29. The van der Waals surface area contributed by atoms with Crippen LogP contribution in [0.15, 0.2) is 22.7 Å². The smallest absolute Gasteiger partial charge is 0.150 e. The Balaban J connectivity index is 1.99. The summed E-state index contributed by atoms with van der Waals surface area (Å²) in [6.07, 6.45) is 2.07. The Morgan fingerprint density at radius 1 is 1.50 bits per heavy atom. The number of halogens is 2. The Morgan fingerprint density at radius 2 is 2.25 bits per heavy atom. The van der Waals surface area contributed by atoms with Crippen molar-refractivity contribution in [3.8, 4) is 0 Å². The number of benzene rings is 1. The van der Waals surface area contributed by atoms with Gasteiger partial charge < -0.3 is 5.32 Å². The van der Waals surface area contributed by atoms with Crippen LogP contribution in [0.25, 0.3) is 0 Å². The molecule has 2 unspecified atom stereocenters. The van der Waals surface area contributed by atoms with Crippen molar-refractivity contribution in [2.75, 3.05) is 18.6 Å². The van der Waals surface area contributed by atoms with E-state index in [0.29, 0.717) is 17.7 Å². The van der Waals surface area contributed by atoms with Gasteiger partial charge >= 0.3 is 0 Å². The number of sulfone groups is 1. The Hall–Kier alpha value is -0.460. The maximum atomic E-state index is 13.8. The first-order valence-electron chi connectivity index (χ1n) is 6.71. The molecule has 1 aromatic rings. The number of likely N-dealkylation sites (N-methyl/N-ethyl adjacent to an activating group) is 1. The molecule has 112 valence electrons. The minimum absolute atomic E-state index is 0.101. The van der Waals surface area contributed by atoms with E-state index in [2.05, 4.69) is 21.2 Å². The molecule has 1 aliphatic heterocycles. The van der Waals surface area contributed by atoms with Crippen molar-refractivity contribution in [1.82, 2.24) is 5.32 Å². The molecule has 20 heavy (non-hydrogen) atoms. The lowest BCUT2D eigenvalue weighted by molar-refractivity contribution is 0.419. The van der Waals surface area contributed by atoms with Crippen LogP contribution in [0.3, 0.4) is 0 Å². The molecule has 0 aromatic heterocycles. The molecule has 0 radical (unpaired) electrons. The second-order valence-electron chi connectivity index (χ2n) is 5.43. The molecule has 1 N–H and O–H groups in total. The van der Waals surface area contributed by atoms with Gasteiger partial charge in [0.25, 0.3) is 0 Å². The van der Waals surface area contributed by atoms with E-state index in [1.807, 2.05) is 13.1 Å². The molecule has 1 saturated heterocycles. The Morgan fingerprint density at radius 3 is 2.80 bits per heavy atom. The molecule has 0 bridgehead atoms. The normalized spacial score (nSPS) is 22.9. The third-order valence-corrected chi connectivity index (χ3v) is 6.16. The summed E-state index contributed by atoms with van der Waals surface area (Å²) < 4.78 is 37.5. The van der Waals surface area contributed by atoms with Gasteiger partial charge in [-0.05, 0) is 49.9 Å². The van der Waals surface area contributed by atoms with Gasteiger partial charge in [-0.15, -0.1) is 0 Å². The minimum atomic E-state index is -2.84. The highest BCUT2D eigenvalue weighted by atomic mass is 79.9. The van der Waals surface area contributed by atoms with Crippen LogP contribution in [0, 0.1) is 11.7 Å². The molecule has 0 saturated carbocycles. The number of hydrogen-bond acceptors (Lipinski definition) is 3. The second-order valence-corrected chi connectivity index (χ2v) is 8.57. The SMILES string of the molecule is CNC(Cc1ccc(Br)cc1F)CC1CCS(=O)(=O)C1. The van der Waals surface area contributed by atoms with Gasteiger partial charge in [0.1, 0.15) is 5.82 Å². The number of rotatable bonds is 5. The molecule has 6 heteroatoms. The quantitative estimate of drug-likeness (QED) is 0.874. The van der Waals surface area contributed by atoms with E-state index in [-0.39, 0.29) is 23.5 Å². The molecule has 0 aliphatic carbocycles. The predicted octanol–water partition coefficient (Wildman–Crippen LogP) is 2.54. The Bertz CT molecular complexity index is 577. The summed E-state index contributed by atoms with van der Waals surface area (Å²) in [7, 11) is -1.01. The van der Waals surface area contributed by atoms with E-state index in [1.54, 1.807) is 6.07 Å². The first-order chi connectivity index (χ1) is 9.39. The third kappa shape index (κ3) is 4.27. The van der Waals surface area contributed by atoms with Gasteiger partial charge in [-0.3, -0.25) is 0 Å². The molecule has 0 amide bonds. The third-order valence-electron chi connectivity index (χ3n) is 3.83. The van der Waals surface area contributed by atoms with Gasteiger partial charge in [0.05, 0.1) is 11.5 Å². The molecule has 3 nitrogen and oxygen atoms in total. The van der Waals surface area contributed by atoms with E-state index in [1.165, 1.54) is 6.07 Å². The zero-order valence-corrected chi connectivity index (χ0v) is 13.8. The lowest BCUT2D eigenvalue weighted by Gasteiger charge is -2.20. The molecule has 2 rings (SSSR count). The van der Waals surface area contributed by atoms with E-state index in [4.69, 9.17) is 0 Å². The maximum Gasteiger partial charge on any atom is 0.150 e. The zero-order chi connectivity index (χ0) is 14.8. The Labute approximate surface area is 128 Å². The fourth-order valence-corrected chi connectivity index (χ4v) is 4.93. The van der Waals surface area contributed by atoms with E-state index >= 15 is 0 Å². The lowest BCUT2D eigenvalue weighted by Crippen LogP contribution is -2.30. The van der Waals surface area contributed by atoms with Gasteiger partial charge in [0.2, 0.25) is 0 Å². The van der Waals surface area contributed by atoms with Gasteiger partial charge in [-0.2, -0.15) is 0 Å². The second kappa shape index (κ2) is 6.54. The molecule has 1 aromatic carbocycles. The summed E-state index contributed by atoms with van der Waals surface area (Å²) in [6, 6.07) is 5.16. The molecule has 1 aliphatic rings. The van der Waals surface area contributed by atoms with Crippen LogP contribution < -0.4 is 5.32 Å². The van der Waals surface area contributed by atoms with E-state index in [9.17, 15) is 12.8 Å². The largest absolute Gasteiger partial charge is 0.317 e. The van der Waals surface area contributed by atoms with Crippen molar-refractivity contribution in [3.05, 3.63) is 34.1 Å².